The Morgan fingerprint density at radius 2 is 1.28 bits per heavy atom. The number of ether oxygens (including phenoxy) is 1. The molecule has 0 bridgehead atoms. The number of rotatable bonds is 16. The lowest BCUT2D eigenvalue weighted by molar-refractivity contribution is 0.0734. The number of hydrogen-bond acceptors (Lipinski definition) is 2. The molecule has 0 spiro atoms. The highest BCUT2D eigenvalue weighted by Gasteiger charge is 2.22. The van der Waals surface area contributed by atoms with Crippen LogP contribution in [0.15, 0.2) is 48.5 Å². The van der Waals surface area contributed by atoms with Gasteiger partial charge in [-0.3, -0.25) is 0 Å². The molecule has 198 valence electrons. The van der Waals surface area contributed by atoms with Gasteiger partial charge in [0.25, 0.3) is 0 Å². The average Bonchev–Trinajstić information content (AvgIpc) is 2.92. The molecule has 0 aliphatic heterocycles. The molecule has 2 heteroatoms. The van der Waals surface area contributed by atoms with Crippen molar-refractivity contribution < 1.29 is 9.53 Å². The summed E-state index contributed by atoms with van der Waals surface area (Å²) in [7, 11) is 0. The Kier molecular flexibility index (Phi) is 13.1. The van der Waals surface area contributed by atoms with Crippen LogP contribution in [0.4, 0.5) is 0 Å². The van der Waals surface area contributed by atoms with E-state index in [1.807, 2.05) is 24.3 Å². The minimum Gasteiger partial charge on any atom is -0.423 e. The van der Waals surface area contributed by atoms with Crippen molar-refractivity contribution in [2.24, 2.45) is 5.92 Å². The molecule has 0 aromatic heterocycles. The Hall–Kier alpha value is -2.09. The Bertz CT molecular complexity index is 844. The molecular weight excluding hydrogens is 440 g/mol. The molecule has 1 fully saturated rings. The van der Waals surface area contributed by atoms with Crippen LogP contribution in [-0.4, -0.2) is 5.97 Å². The molecule has 2 aromatic rings. The summed E-state index contributed by atoms with van der Waals surface area (Å²) < 4.78 is 5.67. The minimum absolute atomic E-state index is 0.271. The van der Waals surface area contributed by atoms with Crippen LogP contribution < -0.4 is 4.74 Å². The van der Waals surface area contributed by atoms with E-state index < -0.39 is 0 Å². The predicted octanol–water partition coefficient (Wildman–Crippen LogP) is 10.4. The molecule has 0 saturated heterocycles. The molecular formula is C34H50O2. The fourth-order valence-electron chi connectivity index (χ4n) is 5.71. The molecule has 0 amide bonds. The zero-order valence-corrected chi connectivity index (χ0v) is 23.1. The molecule has 36 heavy (non-hydrogen) atoms. The van der Waals surface area contributed by atoms with Crippen molar-refractivity contribution in [2.75, 3.05) is 0 Å². The van der Waals surface area contributed by atoms with Gasteiger partial charge < -0.3 is 4.74 Å². The minimum atomic E-state index is -0.271. The summed E-state index contributed by atoms with van der Waals surface area (Å²) in [6.07, 6.45) is 22.7. The average molecular weight is 491 g/mol. The van der Waals surface area contributed by atoms with Crippen molar-refractivity contribution in [1.29, 1.82) is 0 Å². The molecule has 0 radical (unpaired) electrons. The first-order valence-electron chi connectivity index (χ1n) is 15.1. The summed E-state index contributed by atoms with van der Waals surface area (Å²) >= 11 is 0. The van der Waals surface area contributed by atoms with Gasteiger partial charge in [0.05, 0.1) is 5.56 Å². The van der Waals surface area contributed by atoms with Crippen LogP contribution in [0.1, 0.15) is 144 Å². The van der Waals surface area contributed by atoms with Crippen molar-refractivity contribution in [3.8, 4) is 5.75 Å². The van der Waals surface area contributed by atoms with Crippen LogP contribution >= 0.6 is 0 Å². The van der Waals surface area contributed by atoms with Crippen LogP contribution in [0.2, 0.25) is 0 Å². The Balaban J connectivity index is 1.37. The third-order valence-electron chi connectivity index (χ3n) is 8.13. The zero-order chi connectivity index (χ0) is 25.4. The summed E-state index contributed by atoms with van der Waals surface area (Å²) in [5.74, 6) is 1.96. The lowest BCUT2D eigenvalue weighted by atomic mass is 9.77. The van der Waals surface area contributed by atoms with Crippen LogP contribution in [-0.2, 0) is 6.42 Å². The van der Waals surface area contributed by atoms with Gasteiger partial charge in [-0.1, -0.05) is 109 Å². The van der Waals surface area contributed by atoms with Gasteiger partial charge in [-0.25, -0.2) is 4.79 Å². The van der Waals surface area contributed by atoms with Crippen molar-refractivity contribution in [3.05, 3.63) is 65.2 Å². The molecule has 1 aliphatic carbocycles. The Morgan fingerprint density at radius 1 is 0.694 bits per heavy atom. The van der Waals surface area contributed by atoms with E-state index in [1.54, 1.807) is 0 Å². The van der Waals surface area contributed by atoms with E-state index in [1.165, 1.54) is 114 Å². The molecule has 1 aliphatic rings. The first kappa shape index (κ1) is 28.5. The van der Waals surface area contributed by atoms with E-state index in [0.29, 0.717) is 17.2 Å². The van der Waals surface area contributed by atoms with Gasteiger partial charge in [-0.15, -0.1) is 0 Å². The van der Waals surface area contributed by atoms with Gasteiger partial charge in [0.2, 0.25) is 0 Å². The maximum absolute atomic E-state index is 12.6. The molecule has 0 heterocycles. The van der Waals surface area contributed by atoms with Crippen molar-refractivity contribution >= 4 is 5.97 Å². The summed E-state index contributed by atoms with van der Waals surface area (Å²) in [5.41, 5.74) is 3.32. The summed E-state index contributed by atoms with van der Waals surface area (Å²) in [5, 5.41) is 0. The maximum atomic E-state index is 12.6. The van der Waals surface area contributed by atoms with Crippen molar-refractivity contribution in [3.63, 3.8) is 0 Å². The highest BCUT2D eigenvalue weighted by Crippen LogP contribution is 2.38. The number of carbonyl (C=O) groups is 1. The zero-order valence-electron chi connectivity index (χ0n) is 23.1. The van der Waals surface area contributed by atoms with E-state index in [2.05, 4.69) is 38.1 Å². The van der Waals surface area contributed by atoms with Gasteiger partial charge >= 0.3 is 5.97 Å². The molecule has 1 saturated carbocycles. The quantitative estimate of drug-likeness (QED) is 0.133. The van der Waals surface area contributed by atoms with Crippen LogP contribution in [0, 0.1) is 5.92 Å². The Labute approximate surface area is 221 Å². The normalized spacial score (nSPS) is 17.7. The number of unbranched alkanes of at least 4 members (excludes halogenated alkanes) is 9. The van der Waals surface area contributed by atoms with Crippen molar-refractivity contribution in [2.45, 2.75) is 129 Å². The second-order valence-corrected chi connectivity index (χ2v) is 11.1. The van der Waals surface area contributed by atoms with Crippen LogP contribution in [0.5, 0.6) is 5.75 Å². The molecule has 2 aromatic carbocycles. The SMILES string of the molecule is CCCCCCCCC1CCC(c2ccc(OC(=O)c3ccc(CCCCCCC)cc3)cc2)CC1. The monoisotopic (exact) mass is 490 g/mol. The molecule has 2 nitrogen and oxygen atoms in total. The number of hydrogen-bond donors (Lipinski definition) is 0. The summed E-state index contributed by atoms with van der Waals surface area (Å²) in [6.45, 7) is 4.53. The molecule has 0 atom stereocenters. The van der Waals surface area contributed by atoms with Crippen LogP contribution in [0.25, 0.3) is 0 Å². The first-order chi connectivity index (χ1) is 17.7. The van der Waals surface area contributed by atoms with E-state index in [0.717, 1.165) is 12.3 Å². The van der Waals surface area contributed by atoms with E-state index in [-0.39, 0.29) is 5.97 Å². The highest BCUT2D eigenvalue weighted by atomic mass is 16.5. The summed E-state index contributed by atoms with van der Waals surface area (Å²) in [6, 6.07) is 16.2. The highest BCUT2D eigenvalue weighted by molar-refractivity contribution is 5.91. The first-order valence-corrected chi connectivity index (χ1v) is 15.1. The standard InChI is InChI=1S/C34H50O2/c1-3-5-7-9-11-13-15-28-16-20-30(21-17-28)31-24-26-33(27-25-31)36-34(35)32-22-18-29(19-23-32)14-12-10-8-6-4-2/h18-19,22-28,30H,3-17,20-21H2,1-2H3. The fraction of sp³-hybridized carbons (Fsp3) is 0.618. The second-order valence-electron chi connectivity index (χ2n) is 11.1. The maximum Gasteiger partial charge on any atom is 0.343 e. The van der Waals surface area contributed by atoms with Crippen LogP contribution in [0.3, 0.4) is 0 Å². The van der Waals surface area contributed by atoms with Crippen molar-refractivity contribution in [1.82, 2.24) is 0 Å². The topological polar surface area (TPSA) is 26.3 Å². The number of benzene rings is 2. The van der Waals surface area contributed by atoms with Gasteiger partial charge in [-0.05, 0) is 85.8 Å². The second kappa shape index (κ2) is 16.6. The lowest BCUT2D eigenvalue weighted by Gasteiger charge is -2.29. The number of aryl methyl sites for hydroxylation is 1. The Morgan fingerprint density at radius 3 is 1.92 bits per heavy atom. The summed E-state index contributed by atoms with van der Waals surface area (Å²) in [4.78, 5) is 12.6. The molecule has 0 N–H and O–H groups in total. The predicted molar refractivity (Wildman–Crippen MR) is 153 cm³/mol. The third kappa shape index (κ3) is 10.1. The number of esters is 1. The van der Waals surface area contributed by atoms with E-state index in [9.17, 15) is 4.79 Å². The van der Waals surface area contributed by atoms with Gasteiger partial charge in [0.1, 0.15) is 5.75 Å². The molecule has 0 unspecified atom stereocenters. The smallest absolute Gasteiger partial charge is 0.343 e. The largest absolute Gasteiger partial charge is 0.423 e. The fourth-order valence-corrected chi connectivity index (χ4v) is 5.71. The van der Waals surface area contributed by atoms with Gasteiger partial charge in [0.15, 0.2) is 0 Å². The number of carbonyl (C=O) groups excluding carboxylic acids is 1. The van der Waals surface area contributed by atoms with E-state index in [4.69, 9.17) is 4.74 Å². The van der Waals surface area contributed by atoms with Gasteiger partial charge in [-0.2, -0.15) is 0 Å². The van der Waals surface area contributed by atoms with E-state index >= 15 is 0 Å². The lowest BCUT2D eigenvalue weighted by Crippen LogP contribution is -2.13. The third-order valence-corrected chi connectivity index (χ3v) is 8.13. The van der Waals surface area contributed by atoms with Gasteiger partial charge in [0, 0.05) is 0 Å². The molecule has 3 rings (SSSR count).